The molecule has 0 aliphatic rings. The van der Waals surface area contributed by atoms with Crippen LogP contribution in [0.25, 0.3) is 0 Å². The molecular formula is C10H14N2. The maximum absolute atomic E-state index is 4.26. The van der Waals surface area contributed by atoms with Crippen molar-refractivity contribution in [2.75, 3.05) is 0 Å². The Kier molecular flexibility index (Phi) is 2.86. The number of hydrogen-bond acceptors (Lipinski definition) is 1. The Morgan fingerprint density at radius 3 is 2.83 bits per heavy atom. The van der Waals surface area contributed by atoms with Crippen molar-refractivity contribution >= 4 is 5.71 Å². The second-order valence-corrected chi connectivity index (χ2v) is 2.70. The molecule has 0 saturated heterocycles. The molecule has 0 saturated carbocycles. The third-order valence-electron chi connectivity index (χ3n) is 1.73. The molecule has 1 heterocycles. The molecule has 0 N–H and O–H groups in total. The molecule has 0 unspecified atom stereocenters. The molecule has 0 aliphatic carbocycles. The molecule has 0 atom stereocenters. The minimum Gasteiger partial charge on any atom is -0.350 e. The van der Waals surface area contributed by atoms with Gasteiger partial charge in [0.1, 0.15) is 0 Å². The summed E-state index contributed by atoms with van der Waals surface area (Å²) in [4.78, 5) is 4.26. The standard InChI is InChI=1S/C10H14N2/c1-4-7-11-9(2)10-6-5-8-12(10)3/h4-8H,1-3H3/b7-4+,11-9?. The normalized spacial score (nSPS) is 12.8. The summed E-state index contributed by atoms with van der Waals surface area (Å²) in [7, 11) is 2.02. The van der Waals surface area contributed by atoms with Gasteiger partial charge in [0.05, 0.1) is 11.4 Å². The lowest BCUT2D eigenvalue weighted by molar-refractivity contribution is 0.913. The molecule has 2 heteroatoms. The lowest BCUT2D eigenvalue weighted by atomic mass is 10.3. The molecule has 64 valence electrons. The highest BCUT2D eigenvalue weighted by atomic mass is 14.9. The Morgan fingerprint density at radius 1 is 1.58 bits per heavy atom. The Bertz CT molecular complexity index is 305. The molecule has 1 aromatic rings. The van der Waals surface area contributed by atoms with E-state index in [4.69, 9.17) is 0 Å². The van der Waals surface area contributed by atoms with Crippen LogP contribution >= 0.6 is 0 Å². The van der Waals surface area contributed by atoms with E-state index in [1.54, 1.807) is 0 Å². The van der Waals surface area contributed by atoms with E-state index in [0.29, 0.717) is 0 Å². The predicted octanol–water partition coefficient (Wildman–Crippen LogP) is 2.37. The minimum absolute atomic E-state index is 1.04. The zero-order valence-corrected chi connectivity index (χ0v) is 7.78. The van der Waals surface area contributed by atoms with Crippen LogP contribution in [0.15, 0.2) is 35.6 Å². The van der Waals surface area contributed by atoms with Crippen LogP contribution in [0.2, 0.25) is 0 Å². The van der Waals surface area contributed by atoms with Gasteiger partial charge in [0, 0.05) is 19.4 Å². The molecule has 0 fully saturated rings. The van der Waals surface area contributed by atoms with Crippen molar-refractivity contribution in [1.82, 2.24) is 4.57 Å². The van der Waals surface area contributed by atoms with Gasteiger partial charge in [-0.25, -0.2) is 0 Å². The van der Waals surface area contributed by atoms with Gasteiger partial charge in [0.15, 0.2) is 0 Å². The first-order valence-corrected chi connectivity index (χ1v) is 4.03. The lowest BCUT2D eigenvalue weighted by Gasteiger charge is -1.99. The van der Waals surface area contributed by atoms with E-state index >= 15 is 0 Å². The van der Waals surface area contributed by atoms with E-state index in [0.717, 1.165) is 11.4 Å². The molecule has 0 amide bonds. The zero-order valence-electron chi connectivity index (χ0n) is 7.78. The fourth-order valence-corrected chi connectivity index (χ4v) is 1.09. The van der Waals surface area contributed by atoms with Crippen molar-refractivity contribution in [2.24, 2.45) is 12.0 Å². The van der Waals surface area contributed by atoms with Gasteiger partial charge in [-0.1, -0.05) is 6.08 Å². The zero-order chi connectivity index (χ0) is 8.97. The molecule has 0 radical (unpaired) electrons. The van der Waals surface area contributed by atoms with Gasteiger partial charge in [0.25, 0.3) is 0 Å². The van der Waals surface area contributed by atoms with Crippen molar-refractivity contribution < 1.29 is 0 Å². The van der Waals surface area contributed by atoms with Crippen molar-refractivity contribution in [2.45, 2.75) is 13.8 Å². The number of rotatable bonds is 2. The fraction of sp³-hybridized carbons (Fsp3) is 0.300. The van der Waals surface area contributed by atoms with Gasteiger partial charge in [-0.3, -0.25) is 4.99 Å². The van der Waals surface area contributed by atoms with Crippen LogP contribution in [0.1, 0.15) is 19.5 Å². The van der Waals surface area contributed by atoms with Crippen LogP contribution in [-0.2, 0) is 7.05 Å². The van der Waals surface area contributed by atoms with E-state index in [-0.39, 0.29) is 0 Å². The average Bonchev–Trinajstić information content (AvgIpc) is 2.47. The summed E-state index contributed by atoms with van der Waals surface area (Å²) in [5, 5.41) is 0. The van der Waals surface area contributed by atoms with Gasteiger partial charge in [0.2, 0.25) is 0 Å². The summed E-state index contributed by atoms with van der Waals surface area (Å²) < 4.78 is 2.06. The average molecular weight is 162 g/mol. The molecule has 0 aliphatic heterocycles. The van der Waals surface area contributed by atoms with Gasteiger partial charge < -0.3 is 4.57 Å². The Labute approximate surface area is 73.2 Å². The molecule has 1 rings (SSSR count). The molecular weight excluding hydrogens is 148 g/mol. The molecule has 0 aromatic carbocycles. The number of aromatic nitrogens is 1. The smallest absolute Gasteiger partial charge is 0.0619 e. The summed E-state index contributed by atoms with van der Waals surface area (Å²) in [6.45, 7) is 3.97. The van der Waals surface area contributed by atoms with Crippen LogP contribution in [-0.4, -0.2) is 10.3 Å². The molecule has 12 heavy (non-hydrogen) atoms. The predicted molar refractivity (Wildman–Crippen MR) is 52.4 cm³/mol. The summed E-state index contributed by atoms with van der Waals surface area (Å²) in [5.41, 5.74) is 2.20. The van der Waals surface area contributed by atoms with Crippen molar-refractivity contribution in [1.29, 1.82) is 0 Å². The van der Waals surface area contributed by atoms with Gasteiger partial charge in [-0.05, 0) is 26.0 Å². The van der Waals surface area contributed by atoms with E-state index in [2.05, 4.69) is 15.6 Å². The van der Waals surface area contributed by atoms with E-state index in [1.807, 2.05) is 45.4 Å². The number of aliphatic imine (C=N–C) groups is 1. The number of aryl methyl sites for hydroxylation is 1. The summed E-state index contributed by atoms with van der Waals surface area (Å²) in [6, 6.07) is 4.08. The second-order valence-electron chi connectivity index (χ2n) is 2.70. The maximum atomic E-state index is 4.26. The summed E-state index contributed by atoms with van der Waals surface area (Å²) in [6.07, 6.45) is 5.75. The molecule has 2 nitrogen and oxygen atoms in total. The Hall–Kier alpha value is -1.31. The largest absolute Gasteiger partial charge is 0.350 e. The van der Waals surface area contributed by atoms with E-state index < -0.39 is 0 Å². The van der Waals surface area contributed by atoms with Crippen LogP contribution in [0, 0.1) is 0 Å². The van der Waals surface area contributed by atoms with Crippen LogP contribution < -0.4 is 0 Å². The maximum Gasteiger partial charge on any atom is 0.0619 e. The lowest BCUT2D eigenvalue weighted by Crippen LogP contribution is -2.01. The fourth-order valence-electron chi connectivity index (χ4n) is 1.09. The minimum atomic E-state index is 1.04. The van der Waals surface area contributed by atoms with Crippen molar-refractivity contribution in [3.63, 3.8) is 0 Å². The molecule has 1 aromatic heterocycles. The Morgan fingerprint density at radius 2 is 2.33 bits per heavy atom. The number of hydrogen-bond donors (Lipinski definition) is 0. The highest BCUT2D eigenvalue weighted by Gasteiger charge is 1.98. The summed E-state index contributed by atoms with van der Waals surface area (Å²) >= 11 is 0. The Balaban J connectivity index is 2.91. The van der Waals surface area contributed by atoms with Crippen molar-refractivity contribution in [3.05, 3.63) is 36.3 Å². The highest BCUT2D eigenvalue weighted by molar-refractivity contribution is 5.97. The SMILES string of the molecule is C/C=C/N=C(C)c1cccn1C. The van der Waals surface area contributed by atoms with Crippen LogP contribution in [0.3, 0.4) is 0 Å². The number of allylic oxidation sites excluding steroid dienone is 1. The van der Waals surface area contributed by atoms with E-state index in [9.17, 15) is 0 Å². The summed E-state index contributed by atoms with van der Waals surface area (Å²) in [5.74, 6) is 0. The number of nitrogens with zero attached hydrogens (tertiary/aromatic N) is 2. The second kappa shape index (κ2) is 3.90. The molecule has 0 bridgehead atoms. The first-order valence-electron chi connectivity index (χ1n) is 4.03. The third-order valence-corrected chi connectivity index (χ3v) is 1.73. The van der Waals surface area contributed by atoms with Crippen molar-refractivity contribution in [3.8, 4) is 0 Å². The van der Waals surface area contributed by atoms with E-state index in [1.165, 1.54) is 0 Å². The molecule has 0 spiro atoms. The highest BCUT2D eigenvalue weighted by Crippen LogP contribution is 2.01. The van der Waals surface area contributed by atoms with Crippen LogP contribution in [0.4, 0.5) is 0 Å². The third kappa shape index (κ3) is 1.84. The van der Waals surface area contributed by atoms with Crippen LogP contribution in [0.5, 0.6) is 0 Å². The van der Waals surface area contributed by atoms with Gasteiger partial charge in [-0.2, -0.15) is 0 Å². The quantitative estimate of drug-likeness (QED) is 0.594. The first-order chi connectivity index (χ1) is 5.75. The topological polar surface area (TPSA) is 17.3 Å². The van der Waals surface area contributed by atoms with Gasteiger partial charge in [-0.15, -0.1) is 0 Å². The van der Waals surface area contributed by atoms with Gasteiger partial charge >= 0.3 is 0 Å². The monoisotopic (exact) mass is 162 g/mol. The first kappa shape index (κ1) is 8.78.